The van der Waals surface area contributed by atoms with E-state index in [9.17, 15) is 0 Å². The highest BCUT2D eigenvalue weighted by molar-refractivity contribution is 5.11. The SMILES string of the molecule is CC/C(=C\C=C(C)C)OCCOCCOCCOCCOC. The average molecular weight is 316 g/mol. The number of rotatable bonds is 15. The van der Waals surface area contributed by atoms with Crippen LogP contribution in [0.3, 0.4) is 0 Å². The van der Waals surface area contributed by atoms with Crippen molar-refractivity contribution in [2.45, 2.75) is 27.2 Å². The topological polar surface area (TPSA) is 46.2 Å². The fourth-order valence-corrected chi connectivity index (χ4v) is 1.44. The van der Waals surface area contributed by atoms with Crippen molar-refractivity contribution in [1.29, 1.82) is 0 Å². The molecule has 130 valence electrons. The van der Waals surface area contributed by atoms with E-state index < -0.39 is 0 Å². The summed E-state index contributed by atoms with van der Waals surface area (Å²) in [5.41, 5.74) is 1.26. The molecule has 0 rings (SSSR count). The molecule has 5 nitrogen and oxygen atoms in total. The van der Waals surface area contributed by atoms with Gasteiger partial charge in [0.2, 0.25) is 0 Å². The van der Waals surface area contributed by atoms with Gasteiger partial charge in [0.15, 0.2) is 0 Å². The van der Waals surface area contributed by atoms with Crippen LogP contribution in [0, 0.1) is 0 Å². The molecule has 5 heteroatoms. The molecule has 0 spiro atoms. The lowest BCUT2D eigenvalue weighted by molar-refractivity contribution is -0.00320. The maximum atomic E-state index is 5.64. The van der Waals surface area contributed by atoms with Crippen LogP contribution in [-0.2, 0) is 23.7 Å². The van der Waals surface area contributed by atoms with Crippen LogP contribution in [0.25, 0.3) is 0 Å². The fourth-order valence-electron chi connectivity index (χ4n) is 1.44. The van der Waals surface area contributed by atoms with E-state index in [-0.39, 0.29) is 0 Å². The minimum absolute atomic E-state index is 0.566. The largest absolute Gasteiger partial charge is 0.496 e. The van der Waals surface area contributed by atoms with Crippen molar-refractivity contribution in [1.82, 2.24) is 0 Å². The van der Waals surface area contributed by atoms with E-state index in [0.29, 0.717) is 52.9 Å². The van der Waals surface area contributed by atoms with Gasteiger partial charge >= 0.3 is 0 Å². The Labute approximate surface area is 135 Å². The van der Waals surface area contributed by atoms with Gasteiger partial charge in [-0.1, -0.05) is 18.6 Å². The van der Waals surface area contributed by atoms with Crippen molar-refractivity contribution in [2.24, 2.45) is 0 Å². The Bertz CT molecular complexity index is 295. The lowest BCUT2D eigenvalue weighted by Gasteiger charge is -2.09. The molecule has 0 aliphatic rings. The highest BCUT2D eigenvalue weighted by Crippen LogP contribution is 2.04. The van der Waals surface area contributed by atoms with Crippen LogP contribution in [0.2, 0.25) is 0 Å². The van der Waals surface area contributed by atoms with Gasteiger partial charge in [-0.15, -0.1) is 0 Å². The highest BCUT2D eigenvalue weighted by Gasteiger charge is 1.95. The van der Waals surface area contributed by atoms with Gasteiger partial charge in [-0.3, -0.25) is 0 Å². The highest BCUT2D eigenvalue weighted by atomic mass is 16.6. The summed E-state index contributed by atoms with van der Waals surface area (Å²) in [6.07, 6.45) is 4.96. The Morgan fingerprint density at radius 1 is 0.727 bits per heavy atom. The number of methoxy groups -OCH3 is 1. The summed E-state index contributed by atoms with van der Waals surface area (Å²) in [4.78, 5) is 0. The van der Waals surface area contributed by atoms with Gasteiger partial charge in [0, 0.05) is 13.5 Å². The van der Waals surface area contributed by atoms with Crippen LogP contribution >= 0.6 is 0 Å². The fraction of sp³-hybridized carbons (Fsp3) is 0.765. The summed E-state index contributed by atoms with van der Waals surface area (Å²) in [7, 11) is 1.65. The number of allylic oxidation sites excluding steroid dienone is 4. The Hall–Kier alpha value is -0.880. The smallest absolute Gasteiger partial charge is 0.111 e. The van der Waals surface area contributed by atoms with Crippen LogP contribution in [-0.4, -0.2) is 60.0 Å². The molecule has 0 radical (unpaired) electrons. The van der Waals surface area contributed by atoms with Crippen molar-refractivity contribution in [2.75, 3.05) is 60.0 Å². The van der Waals surface area contributed by atoms with Crippen LogP contribution in [0.15, 0.2) is 23.5 Å². The van der Waals surface area contributed by atoms with E-state index in [0.717, 1.165) is 12.2 Å². The molecule has 0 aromatic heterocycles. The minimum atomic E-state index is 0.566. The summed E-state index contributed by atoms with van der Waals surface area (Å²) >= 11 is 0. The third-order valence-electron chi connectivity index (χ3n) is 2.64. The average Bonchev–Trinajstić information content (AvgIpc) is 2.51. The summed E-state index contributed by atoms with van der Waals surface area (Å²) < 4.78 is 26.6. The lowest BCUT2D eigenvalue weighted by Crippen LogP contribution is -2.12. The third-order valence-corrected chi connectivity index (χ3v) is 2.64. The third kappa shape index (κ3) is 15.5. The zero-order valence-corrected chi connectivity index (χ0v) is 14.6. The Kier molecular flexibility index (Phi) is 15.8. The van der Waals surface area contributed by atoms with E-state index in [4.69, 9.17) is 23.7 Å². The molecule has 0 saturated carbocycles. The minimum Gasteiger partial charge on any atom is -0.496 e. The van der Waals surface area contributed by atoms with E-state index >= 15 is 0 Å². The normalized spacial score (nSPS) is 11.5. The summed E-state index contributed by atoms with van der Waals surface area (Å²) in [5, 5.41) is 0. The monoisotopic (exact) mass is 316 g/mol. The van der Waals surface area contributed by atoms with E-state index in [1.54, 1.807) is 7.11 Å². The molecule has 0 bridgehead atoms. The molecule has 0 fully saturated rings. The van der Waals surface area contributed by atoms with Crippen molar-refractivity contribution in [3.05, 3.63) is 23.5 Å². The van der Waals surface area contributed by atoms with Crippen molar-refractivity contribution < 1.29 is 23.7 Å². The van der Waals surface area contributed by atoms with Crippen molar-refractivity contribution in [3.63, 3.8) is 0 Å². The second kappa shape index (κ2) is 16.5. The first kappa shape index (κ1) is 21.1. The Morgan fingerprint density at radius 3 is 1.68 bits per heavy atom. The molecule has 0 heterocycles. The quantitative estimate of drug-likeness (QED) is 0.264. The molecular weight excluding hydrogens is 284 g/mol. The molecule has 0 atom stereocenters. The Morgan fingerprint density at radius 2 is 1.23 bits per heavy atom. The summed E-state index contributed by atoms with van der Waals surface area (Å²) in [6, 6.07) is 0. The maximum Gasteiger partial charge on any atom is 0.111 e. The number of ether oxygens (including phenoxy) is 5. The lowest BCUT2D eigenvalue weighted by atomic mass is 10.3. The summed E-state index contributed by atoms with van der Waals surface area (Å²) in [6.45, 7) is 10.9. The molecule has 0 unspecified atom stereocenters. The van der Waals surface area contributed by atoms with Gasteiger partial charge in [0.1, 0.15) is 6.61 Å². The predicted molar refractivity (Wildman–Crippen MR) is 88.1 cm³/mol. The van der Waals surface area contributed by atoms with E-state index in [2.05, 4.69) is 26.8 Å². The second-order valence-electron chi connectivity index (χ2n) is 4.91. The molecule has 0 amide bonds. The molecule has 0 aromatic carbocycles. The van der Waals surface area contributed by atoms with E-state index in [1.165, 1.54) is 5.57 Å². The molecule has 0 aliphatic carbocycles. The van der Waals surface area contributed by atoms with Gasteiger partial charge in [-0.2, -0.15) is 0 Å². The van der Waals surface area contributed by atoms with Gasteiger partial charge in [0.05, 0.1) is 52.0 Å². The first-order valence-electron chi connectivity index (χ1n) is 7.89. The van der Waals surface area contributed by atoms with Crippen LogP contribution in [0.5, 0.6) is 0 Å². The predicted octanol–water partition coefficient (Wildman–Crippen LogP) is 2.96. The van der Waals surface area contributed by atoms with Crippen molar-refractivity contribution >= 4 is 0 Å². The number of hydrogen-bond acceptors (Lipinski definition) is 5. The molecule has 0 N–H and O–H groups in total. The van der Waals surface area contributed by atoms with Crippen LogP contribution in [0.1, 0.15) is 27.2 Å². The first-order valence-corrected chi connectivity index (χ1v) is 7.89. The second-order valence-corrected chi connectivity index (χ2v) is 4.91. The van der Waals surface area contributed by atoms with E-state index in [1.807, 2.05) is 6.08 Å². The van der Waals surface area contributed by atoms with Gasteiger partial charge in [-0.05, 0) is 19.9 Å². The van der Waals surface area contributed by atoms with Crippen LogP contribution in [0.4, 0.5) is 0 Å². The van der Waals surface area contributed by atoms with Crippen LogP contribution < -0.4 is 0 Å². The standard InChI is InChI=1S/C17H32O5/c1-5-17(7-6-16(2)3)22-15-14-21-13-12-20-11-10-19-9-8-18-4/h6-7H,5,8-15H2,1-4H3/b17-7+. The molecule has 22 heavy (non-hydrogen) atoms. The number of hydrogen-bond donors (Lipinski definition) is 0. The maximum absolute atomic E-state index is 5.64. The van der Waals surface area contributed by atoms with Gasteiger partial charge < -0.3 is 23.7 Å². The van der Waals surface area contributed by atoms with Gasteiger partial charge in [-0.25, -0.2) is 0 Å². The molecule has 0 aliphatic heterocycles. The molecular formula is C17H32O5. The molecule has 0 saturated heterocycles. The molecule has 0 aromatic rings. The Balaban J connectivity index is 3.35. The van der Waals surface area contributed by atoms with Crippen molar-refractivity contribution in [3.8, 4) is 0 Å². The summed E-state index contributed by atoms with van der Waals surface area (Å²) in [5.74, 6) is 0.981. The zero-order valence-electron chi connectivity index (χ0n) is 14.6. The first-order chi connectivity index (χ1) is 10.7. The van der Waals surface area contributed by atoms with Gasteiger partial charge in [0.25, 0.3) is 0 Å². The zero-order chi connectivity index (χ0) is 16.5.